The minimum absolute atomic E-state index is 0.102. The van der Waals surface area contributed by atoms with Crippen LogP contribution in [0.2, 0.25) is 0 Å². The van der Waals surface area contributed by atoms with Gasteiger partial charge in [-0.05, 0) is 67.5 Å². The van der Waals surface area contributed by atoms with E-state index in [2.05, 4.69) is 68.4 Å². The highest BCUT2D eigenvalue weighted by atomic mass is 32.1. The molecule has 5 heteroatoms. The minimum atomic E-state index is 0.102. The van der Waals surface area contributed by atoms with Gasteiger partial charge in [0, 0.05) is 6.54 Å². The van der Waals surface area contributed by atoms with E-state index < -0.39 is 0 Å². The predicted molar refractivity (Wildman–Crippen MR) is 132 cm³/mol. The van der Waals surface area contributed by atoms with Crippen LogP contribution in [0.25, 0.3) is 21.0 Å². The molecule has 4 aromatic rings. The second-order valence-electron chi connectivity index (χ2n) is 8.17. The maximum Gasteiger partial charge on any atom is 0.233 e. The molecule has 3 aromatic carbocycles. The van der Waals surface area contributed by atoms with Crippen LogP contribution in [-0.4, -0.2) is 43.0 Å². The van der Waals surface area contributed by atoms with Gasteiger partial charge in [-0.2, -0.15) is 0 Å². The third-order valence-corrected chi connectivity index (χ3v) is 6.63. The number of hydrogen-bond acceptors (Lipinski definition) is 4. The third-order valence-electron chi connectivity index (χ3n) is 5.59. The fourth-order valence-electron chi connectivity index (χ4n) is 3.87. The standard InChI is InChI=1S/C26H29N3OS/c1-4-19-13-14-23-24(17-19)31-26(27-23)29(16-8-15-28(2)3)25(30)18-21-11-7-10-20-9-5-6-12-22(20)21/h5-7,9-14,17H,4,8,15-16,18H2,1-3H3. The Morgan fingerprint density at radius 2 is 1.81 bits per heavy atom. The maximum absolute atomic E-state index is 13.5. The molecule has 1 aromatic heterocycles. The third kappa shape index (κ3) is 4.94. The van der Waals surface area contributed by atoms with Gasteiger partial charge in [0.2, 0.25) is 5.91 Å². The van der Waals surface area contributed by atoms with Crippen LogP contribution in [0.5, 0.6) is 0 Å². The highest BCUT2D eigenvalue weighted by molar-refractivity contribution is 7.22. The molecule has 0 spiro atoms. The van der Waals surface area contributed by atoms with Gasteiger partial charge in [-0.1, -0.05) is 66.8 Å². The summed E-state index contributed by atoms with van der Waals surface area (Å²) in [6.45, 7) is 3.76. The molecule has 0 bridgehead atoms. The van der Waals surface area contributed by atoms with Crippen molar-refractivity contribution in [1.29, 1.82) is 0 Å². The smallest absolute Gasteiger partial charge is 0.233 e. The molecule has 31 heavy (non-hydrogen) atoms. The van der Waals surface area contributed by atoms with Gasteiger partial charge in [0.25, 0.3) is 0 Å². The van der Waals surface area contributed by atoms with E-state index in [1.807, 2.05) is 23.1 Å². The van der Waals surface area contributed by atoms with E-state index >= 15 is 0 Å². The van der Waals surface area contributed by atoms with Crippen molar-refractivity contribution >= 4 is 43.4 Å². The molecule has 0 N–H and O–H groups in total. The molecule has 0 saturated heterocycles. The van der Waals surface area contributed by atoms with E-state index in [1.165, 1.54) is 10.9 Å². The van der Waals surface area contributed by atoms with Crippen LogP contribution in [0.15, 0.2) is 60.7 Å². The number of hydrogen-bond donors (Lipinski definition) is 0. The summed E-state index contributed by atoms with van der Waals surface area (Å²) in [5.41, 5.74) is 3.33. The first kappa shape index (κ1) is 21.5. The number of aromatic nitrogens is 1. The largest absolute Gasteiger partial charge is 0.309 e. The number of aryl methyl sites for hydroxylation is 1. The second-order valence-corrected chi connectivity index (χ2v) is 9.18. The summed E-state index contributed by atoms with van der Waals surface area (Å²) < 4.78 is 1.14. The number of benzene rings is 3. The SMILES string of the molecule is CCc1ccc2nc(N(CCCN(C)C)C(=O)Cc3cccc4ccccc34)sc2c1. The van der Waals surface area contributed by atoms with Gasteiger partial charge in [-0.3, -0.25) is 9.69 Å². The summed E-state index contributed by atoms with van der Waals surface area (Å²) in [5, 5.41) is 3.11. The van der Waals surface area contributed by atoms with E-state index in [4.69, 9.17) is 4.98 Å². The van der Waals surface area contributed by atoms with E-state index in [1.54, 1.807) is 11.3 Å². The number of fused-ring (bicyclic) bond motifs is 2. The van der Waals surface area contributed by atoms with Crippen molar-refractivity contribution in [3.63, 3.8) is 0 Å². The Balaban J connectivity index is 1.64. The lowest BCUT2D eigenvalue weighted by atomic mass is 10.0. The zero-order valence-corrected chi connectivity index (χ0v) is 19.3. The average molecular weight is 432 g/mol. The van der Waals surface area contributed by atoms with Crippen molar-refractivity contribution in [2.45, 2.75) is 26.2 Å². The molecule has 4 nitrogen and oxygen atoms in total. The van der Waals surface area contributed by atoms with Crippen LogP contribution in [-0.2, 0) is 17.6 Å². The molecule has 0 aliphatic carbocycles. The van der Waals surface area contributed by atoms with E-state index in [0.717, 1.165) is 45.7 Å². The molecule has 0 unspecified atom stereocenters. The number of anilines is 1. The van der Waals surface area contributed by atoms with Gasteiger partial charge < -0.3 is 4.90 Å². The first-order valence-corrected chi connectivity index (χ1v) is 11.7. The molecule has 4 rings (SSSR count). The number of carbonyl (C=O) groups is 1. The monoisotopic (exact) mass is 431 g/mol. The zero-order chi connectivity index (χ0) is 21.8. The lowest BCUT2D eigenvalue weighted by Gasteiger charge is -2.21. The Morgan fingerprint density at radius 1 is 1.00 bits per heavy atom. The van der Waals surface area contributed by atoms with Crippen LogP contribution in [0.3, 0.4) is 0 Å². The second kappa shape index (κ2) is 9.58. The van der Waals surface area contributed by atoms with E-state index in [0.29, 0.717) is 13.0 Å². The highest BCUT2D eigenvalue weighted by Crippen LogP contribution is 2.31. The summed E-state index contributed by atoms with van der Waals surface area (Å²) in [6.07, 6.45) is 2.28. The van der Waals surface area contributed by atoms with Gasteiger partial charge in [0.15, 0.2) is 5.13 Å². The van der Waals surface area contributed by atoms with Gasteiger partial charge in [0.05, 0.1) is 16.6 Å². The normalized spacial score (nSPS) is 11.5. The van der Waals surface area contributed by atoms with E-state index in [9.17, 15) is 4.79 Å². The molecule has 1 amide bonds. The summed E-state index contributed by atoms with van der Waals surface area (Å²) in [7, 11) is 4.12. The molecule has 0 radical (unpaired) electrons. The molecule has 0 aliphatic rings. The van der Waals surface area contributed by atoms with Crippen molar-refractivity contribution in [3.05, 3.63) is 71.8 Å². The van der Waals surface area contributed by atoms with Gasteiger partial charge in [0.1, 0.15) is 0 Å². The van der Waals surface area contributed by atoms with Crippen LogP contribution >= 0.6 is 11.3 Å². The Kier molecular flexibility index (Phi) is 6.64. The van der Waals surface area contributed by atoms with Crippen LogP contribution < -0.4 is 4.90 Å². The Labute approximate surface area is 188 Å². The van der Waals surface area contributed by atoms with Gasteiger partial charge in [-0.15, -0.1) is 0 Å². The van der Waals surface area contributed by atoms with Crippen molar-refractivity contribution < 1.29 is 4.79 Å². The molecular weight excluding hydrogens is 402 g/mol. The summed E-state index contributed by atoms with van der Waals surface area (Å²) in [5.74, 6) is 0.102. The fraction of sp³-hybridized carbons (Fsp3) is 0.308. The first-order chi connectivity index (χ1) is 15.0. The number of rotatable bonds is 8. The Hall–Kier alpha value is -2.76. The Morgan fingerprint density at radius 3 is 2.61 bits per heavy atom. The van der Waals surface area contributed by atoms with Crippen molar-refractivity contribution in [2.75, 3.05) is 32.1 Å². The minimum Gasteiger partial charge on any atom is -0.309 e. The first-order valence-electron chi connectivity index (χ1n) is 10.9. The molecule has 0 atom stereocenters. The molecule has 0 saturated carbocycles. The molecule has 1 heterocycles. The number of amides is 1. The summed E-state index contributed by atoms with van der Waals surface area (Å²) in [4.78, 5) is 22.4. The van der Waals surface area contributed by atoms with Crippen molar-refractivity contribution in [1.82, 2.24) is 9.88 Å². The molecule has 160 valence electrons. The highest BCUT2D eigenvalue weighted by Gasteiger charge is 2.21. The lowest BCUT2D eigenvalue weighted by molar-refractivity contribution is -0.118. The van der Waals surface area contributed by atoms with Crippen LogP contribution in [0.4, 0.5) is 5.13 Å². The lowest BCUT2D eigenvalue weighted by Crippen LogP contribution is -2.34. The number of carbonyl (C=O) groups excluding carboxylic acids is 1. The molecular formula is C26H29N3OS. The van der Waals surface area contributed by atoms with Crippen molar-refractivity contribution in [3.8, 4) is 0 Å². The Bertz CT molecular complexity index is 1190. The topological polar surface area (TPSA) is 36.4 Å². The van der Waals surface area contributed by atoms with Crippen molar-refractivity contribution in [2.24, 2.45) is 0 Å². The quantitative estimate of drug-likeness (QED) is 0.368. The summed E-state index contributed by atoms with van der Waals surface area (Å²) >= 11 is 1.62. The number of nitrogens with zero attached hydrogens (tertiary/aromatic N) is 3. The average Bonchev–Trinajstić information content (AvgIpc) is 3.19. The zero-order valence-electron chi connectivity index (χ0n) is 18.5. The van der Waals surface area contributed by atoms with Crippen LogP contribution in [0, 0.1) is 0 Å². The fourth-order valence-corrected chi connectivity index (χ4v) is 4.94. The molecule has 0 aliphatic heterocycles. The number of thiazole rings is 1. The summed E-state index contributed by atoms with van der Waals surface area (Å²) in [6, 6.07) is 20.8. The molecule has 0 fully saturated rings. The van der Waals surface area contributed by atoms with Crippen LogP contribution in [0.1, 0.15) is 24.5 Å². The van der Waals surface area contributed by atoms with E-state index in [-0.39, 0.29) is 5.91 Å². The van der Waals surface area contributed by atoms with Gasteiger partial charge in [-0.25, -0.2) is 4.98 Å². The van der Waals surface area contributed by atoms with Gasteiger partial charge >= 0.3 is 0 Å². The predicted octanol–water partition coefficient (Wildman–Crippen LogP) is 5.54. The maximum atomic E-state index is 13.5.